The van der Waals surface area contributed by atoms with Crippen LogP contribution < -0.4 is 10.6 Å². The molecule has 0 radical (unpaired) electrons. The van der Waals surface area contributed by atoms with Crippen molar-refractivity contribution in [3.8, 4) is 0 Å². The molecule has 2 N–H and O–H groups in total. The fraction of sp³-hybridized carbons (Fsp3) is 0.176. The molecule has 25 heavy (non-hydrogen) atoms. The molecule has 4 rings (SSSR count). The highest BCUT2D eigenvalue weighted by Crippen LogP contribution is 2.35. The summed E-state index contributed by atoms with van der Waals surface area (Å²) in [4.78, 5) is 13.0. The minimum absolute atomic E-state index is 0.234. The topological polar surface area (TPSA) is 97.9 Å². The maximum atomic E-state index is 13.0. The first-order valence-corrected chi connectivity index (χ1v) is 7.81. The zero-order chi connectivity index (χ0) is 17.4. The van der Waals surface area contributed by atoms with E-state index in [0.29, 0.717) is 23.0 Å². The van der Waals surface area contributed by atoms with Crippen molar-refractivity contribution >= 4 is 17.5 Å². The van der Waals surface area contributed by atoms with Crippen molar-refractivity contribution in [3.63, 3.8) is 0 Å². The number of para-hydroxylation sites is 1. The fourth-order valence-corrected chi connectivity index (χ4v) is 2.92. The van der Waals surface area contributed by atoms with Crippen LogP contribution in [0.1, 0.15) is 24.3 Å². The molecule has 0 fully saturated rings. The molecular formula is C17H16N6O2. The van der Waals surface area contributed by atoms with Crippen LogP contribution in [0, 0.1) is 6.92 Å². The molecule has 2 aromatic heterocycles. The number of carbonyl (C=O) groups excluding carboxylic acids is 1. The molecule has 0 saturated carbocycles. The summed E-state index contributed by atoms with van der Waals surface area (Å²) in [7, 11) is 0. The Bertz CT molecular complexity index is 957. The second-order valence-electron chi connectivity index (χ2n) is 5.80. The second kappa shape index (κ2) is 5.90. The van der Waals surface area contributed by atoms with Crippen LogP contribution in [0.15, 0.2) is 58.3 Å². The number of hydrogen-bond acceptors (Lipinski definition) is 6. The molecule has 8 heteroatoms. The molecule has 0 spiro atoms. The Balaban J connectivity index is 1.76. The molecule has 1 amide bonds. The maximum Gasteiger partial charge on any atom is 0.256 e. The van der Waals surface area contributed by atoms with Gasteiger partial charge in [0.05, 0.1) is 11.8 Å². The van der Waals surface area contributed by atoms with Crippen molar-refractivity contribution in [1.82, 2.24) is 20.2 Å². The van der Waals surface area contributed by atoms with Crippen LogP contribution in [0.4, 0.5) is 11.6 Å². The van der Waals surface area contributed by atoms with Gasteiger partial charge in [0.15, 0.2) is 0 Å². The van der Waals surface area contributed by atoms with Crippen molar-refractivity contribution < 1.29 is 9.21 Å². The van der Waals surface area contributed by atoms with E-state index in [9.17, 15) is 4.79 Å². The number of rotatable bonds is 3. The lowest BCUT2D eigenvalue weighted by atomic mass is 10.00. The first-order valence-electron chi connectivity index (χ1n) is 7.81. The zero-order valence-electron chi connectivity index (χ0n) is 13.7. The predicted octanol–water partition coefficient (Wildman–Crippen LogP) is 2.50. The molecule has 8 nitrogen and oxygen atoms in total. The summed E-state index contributed by atoms with van der Waals surface area (Å²) in [6.07, 6.45) is 1.56. The van der Waals surface area contributed by atoms with Crippen LogP contribution in [0.5, 0.6) is 0 Å². The summed E-state index contributed by atoms with van der Waals surface area (Å²) in [5.41, 5.74) is 2.91. The number of aromatic nitrogens is 4. The summed E-state index contributed by atoms with van der Waals surface area (Å²) in [5, 5.41) is 17.7. The average Bonchev–Trinajstić information content (AvgIpc) is 3.26. The number of furan rings is 1. The molecule has 0 saturated heterocycles. The van der Waals surface area contributed by atoms with Gasteiger partial charge in [-0.05, 0) is 48.0 Å². The lowest BCUT2D eigenvalue weighted by Crippen LogP contribution is -2.31. The van der Waals surface area contributed by atoms with Crippen molar-refractivity contribution in [2.24, 2.45) is 0 Å². The number of nitrogens with zero attached hydrogens (tertiary/aromatic N) is 4. The Morgan fingerprint density at radius 1 is 1.24 bits per heavy atom. The smallest absolute Gasteiger partial charge is 0.256 e. The molecule has 1 atom stereocenters. The van der Waals surface area contributed by atoms with E-state index in [-0.39, 0.29) is 5.91 Å². The van der Waals surface area contributed by atoms with E-state index in [2.05, 4.69) is 26.2 Å². The van der Waals surface area contributed by atoms with Crippen molar-refractivity contribution in [2.75, 3.05) is 10.6 Å². The number of aryl methyl sites for hydroxylation is 1. The lowest BCUT2D eigenvalue weighted by Gasteiger charge is -2.26. The van der Waals surface area contributed by atoms with Gasteiger partial charge in [0.2, 0.25) is 5.95 Å². The maximum absolute atomic E-state index is 13.0. The van der Waals surface area contributed by atoms with Crippen molar-refractivity contribution in [2.45, 2.75) is 19.9 Å². The number of carbonyl (C=O) groups is 1. The van der Waals surface area contributed by atoms with Gasteiger partial charge in [0.25, 0.3) is 5.91 Å². The number of allylic oxidation sites excluding steroid dienone is 1. The van der Waals surface area contributed by atoms with E-state index in [0.717, 1.165) is 11.3 Å². The Hall–Kier alpha value is -3.42. The van der Waals surface area contributed by atoms with Crippen LogP contribution in [0.2, 0.25) is 0 Å². The predicted molar refractivity (Wildman–Crippen MR) is 90.8 cm³/mol. The molecule has 0 aliphatic carbocycles. The minimum Gasteiger partial charge on any atom is -0.467 e. The average molecular weight is 336 g/mol. The number of nitrogens with one attached hydrogen (secondary N) is 2. The van der Waals surface area contributed by atoms with Crippen LogP contribution in [-0.4, -0.2) is 26.1 Å². The second-order valence-corrected chi connectivity index (χ2v) is 5.80. The molecule has 0 bridgehead atoms. The minimum atomic E-state index is -0.537. The summed E-state index contributed by atoms with van der Waals surface area (Å²) in [5.74, 6) is 0.817. The number of anilines is 2. The summed E-state index contributed by atoms with van der Waals surface area (Å²) in [6, 6.07) is 10.7. The van der Waals surface area contributed by atoms with Gasteiger partial charge in [-0.2, -0.15) is 4.68 Å². The number of hydrogen-bond donors (Lipinski definition) is 2. The number of tetrazole rings is 1. The van der Waals surface area contributed by atoms with E-state index in [1.54, 1.807) is 23.1 Å². The van der Waals surface area contributed by atoms with Crippen LogP contribution in [0.25, 0.3) is 0 Å². The SMILES string of the molecule is CC1=C(C(=O)Nc2ccccc2C)C(c2ccco2)n2nnnc2N1. The van der Waals surface area contributed by atoms with E-state index >= 15 is 0 Å². The third kappa shape index (κ3) is 2.57. The van der Waals surface area contributed by atoms with Crippen molar-refractivity contribution in [3.05, 3.63) is 65.3 Å². The van der Waals surface area contributed by atoms with Gasteiger partial charge in [0.1, 0.15) is 11.8 Å². The van der Waals surface area contributed by atoms with Gasteiger partial charge in [0, 0.05) is 11.4 Å². The number of benzene rings is 1. The van der Waals surface area contributed by atoms with Crippen LogP contribution in [0.3, 0.4) is 0 Å². The third-order valence-corrected chi connectivity index (χ3v) is 4.16. The van der Waals surface area contributed by atoms with Gasteiger partial charge < -0.3 is 15.1 Å². The molecule has 3 aromatic rings. The summed E-state index contributed by atoms with van der Waals surface area (Å²) in [6.45, 7) is 3.76. The van der Waals surface area contributed by atoms with Gasteiger partial charge in [-0.3, -0.25) is 4.79 Å². The zero-order valence-corrected chi connectivity index (χ0v) is 13.7. The van der Waals surface area contributed by atoms with Crippen LogP contribution in [-0.2, 0) is 4.79 Å². The Morgan fingerprint density at radius 3 is 2.84 bits per heavy atom. The number of fused-ring (bicyclic) bond motifs is 1. The highest BCUT2D eigenvalue weighted by Gasteiger charge is 2.35. The van der Waals surface area contributed by atoms with Gasteiger partial charge in [-0.1, -0.05) is 23.3 Å². The number of amides is 1. The van der Waals surface area contributed by atoms with E-state index in [1.165, 1.54) is 0 Å². The molecule has 1 aliphatic heterocycles. The first-order chi connectivity index (χ1) is 12.1. The molecule has 1 unspecified atom stereocenters. The van der Waals surface area contributed by atoms with E-state index in [4.69, 9.17) is 4.42 Å². The van der Waals surface area contributed by atoms with Crippen molar-refractivity contribution in [1.29, 1.82) is 0 Å². The highest BCUT2D eigenvalue weighted by molar-refractivity contribution is 6.06. The highest BCUT2D eigenvalue weighted by atomic mass is 16.3. The standard InChI is InChI=1S/C17H16N6O2/c1-10-6-3-4-7-12(10)19-16(24)14-11(2)18-17-20-21-22-23(17)15(14)13-8-5-9-25-13/h3-9,15H,1-2H3,(H,19,24)(H,18,20,22). The Morgan fingerprint density at radius 2 is 2.08 bits per heavy atom. The summed E-state index contributed by atoms with van der Waals surface area (Å²) < 4.78 is 7.08. The normalized spacial score (nSPS) is 16.3. The lowest BCUT2D eigenvalue weighted by molar-refractivity contribution is -0.113. The third-order valence-electron chi connectivity index (χ3n) is 4.16. The fourth-order valence-electron chi connectivity index (χ4n) is 2.92. The summed E-state index contributed by atoms with van der Waals surface area (Å²) >= 11 is 0. The molecule has 126 valence electrons. The Kier molecular flexibility index (Phi) is 3.57. The van der Waals surface area contributed by atoms with Crippen LogP contribution >= 0.6 is 0 Å². The van der Waals surface area contributed by atoms with Gasteiger partial charge >= 0.3 is 0 Å². The Labute approximate surface area is 143 Å². The first kappa shape index (κ1) is 15.1. The molecule has 1 aliphatic rings. The van der Waals surface area contributed by atoms with Gasteiger partial charge in [-0.25, -0.2) is 0 Å². The molecule has 1 aromatic carbocycles. The van der Waals surface area contributed by atoms with Gasteiger partial charge in [-0.15, -0.1) is 0 Å². The quantitative estimate of drug-likeness (QED) is 0.762. The van der Waals surface area contributed by atoms with E-state index < -0.39 is 6.04 Å². The monoisotopic (exact) mass is 336 g/mol. The largest absolute Gasteiger partial charge is 0.467 e. The van der Waals surface area contributed by atoms with E-state index in [1.807, 2.05) is 38.1 Å². The molecule has 3 heterocycles. The molecular weight excluding hydrogens is 320 g/mol.